The molecule has 5 heteroatoms. The van der Waals surface area contributed by atoms with Crippen LogP contribution in [0, 0.1) is 5.41 Å². The van der Waals surface area contributed by atoms with Gasteiger partial charge in [-0.1, -0.05) is 13.8 Å². The van der Waals surface area contributed by atoms with Gasteiger partial charge in [0.2, 0.25) is 5.91 Å². The summed E-state index contributed by atoms with van der Waals surface area (Å²) in [5, 5.41) is 9.36. The van der Waals surface area contributed by atoms with Crippen molar-refractivity contribution in [2.24, 2.45) is 5.41 Å². The lowest BCUT2D eigenvalue weighted by atomic mass is 9.79. The minimum atomic E-state index is -0.888. The molecule has 0 aromatic rings. The molecule has 0 spiro atoms. The van der Waals surface area contributed by atoms with Gasteiger partial charge >= 0.3 is 5.97 Å². The van der Waals surface area contributed by atoms with Gasteiger partial charge in [-0.15, -0.1) is 0 Å². The van der Waals surface area contributed by atoms with Crippen molar-refractivity contribution in [3.8, 4) is 0 Å². The van der Waals surface area contributed by atoms with E-state index in [4.69, 9.17) is 0 Å². The van der Waals surface area contributed by atoms with E-state index in [0.717, 1.165) is 18.1 Å². The summed E-state index contributed by atoms with van der Waals surface area (Å²) in [5.74, 6) is 1.05. The molecule has 1 atom stereocenters. The van der Waals surface area contributed by atoms with Gasteiger partial charge in [0.15, 0.2) is 0 Å². The zero-order valence-electron chi connectivity index (χ0n) is 11.4. The first-order chi connectivity index (χ1) is 8.46. The van der Waals surface area contributed by atoms with Gasteiger partial charge in [-0.25, -0.2) is 0 Å². The summed E-state index contributed by atoms with van der Waals surface area (Å²) in [6.45, 7) is 6.47. The second-order valence-electron chi connectivity index (χ2n) is 4.98. The molecule has 4 nitrogen and oxygen atoms in total. The quantitative estimate of drug-likeness (QED) is 0.834. The van der Waals surface area contributed by atoms with Crippen LogP contribution in [0.3, 0.4) is 0 Å². The van der Waals surface area contributed by atoms with Crippen molar-refractivity contribution in [2.75, 3.05) is 18.1 Å². The molecule has 0 radical (unpaired) electrons. The van der Waals surface area contributed by atoms with Crippen LogP contribution in [0.1, 0.15) is 40.0 Å². The Bertz CT molecular complexity index is 315. The molecule has 1 fully saturated rings. The van der Waals surface area contributed by atoms with E-state index in [1.165, 1.54) is 0 Å². The molecular formula is C13H23NO3S. The van der Waals surface area contributed by atoms with Gasteiger partial charge in [0.25, 0.3) is 0 Å². The van der Waals surface area contributed by atoms with E-state index in [0.29, 0.717) is 12.8 Å². The summed E-state index contributed by atoms with van der Waals surface area (Å²) in [6, 6.07) is 0.219. The Labute approximate surface area is 113 Å². The maximum absolute atomic E-state index is 12.3. The Kier molecular flexibility index (Phi) is 5.50. The zero-order valence-corrected chi connectivity index (χ0v) is 12.3. The molecule has 1 N–H and O–H groups in total. The number of hydrogen-bond acceptors (Lipinski definition) is 3. The third-order valence-electron chi connectivity index (χ3n) is 3.98. The van der Waals surface area contributed by atoms with Crippen LogP contribution in [-0.4, -0.2) is 46.0 Å². The lowest BCUT2D eigenvalue weighted by molar-refractivity contribution is -0.154. The molecule has 0 bridgehead atoms. The average molecular weight is 273 g/mol. The summed E-state index contributed by atoms with van der Waals surface area (Å²) in [5.41, 5.74) is -0.888. The van der Waals surface area contributed by atoms with Crippen molar-refractivity contribution in [1.82, 2.24) is 4.90 Å². The second-order valence-corrected chi connectivity index (χ2v) is 6.13. The molecule has 0 aromatic carbocycles. The lowest BCUT2D eigenvalue weighted by Crippen LogP contribution is -2.47. The largest absolute Gasteiger partial charge is 0.481 e. The van der Waals surface area contributed by atoms with Gasteiger partial charge in [-0.3, -0.25) is 9.59 Å². The molecule has 1 amide bonds. The molecule has 1 heterocycles. The number of carboxylic acid groups (broad SMARTS) is 1. The fourth-order valence-electron chi connectivity index (χ4n) is 2.37. The van der Waals surface area contributed by atoms with E-state index in [1.807, 2.05) is 37.4 Å². The fraction of sp³-hybridized carbons (Fsp3) is 0.846. The smallest absolute Gasteiger partial charge is 0.310 e. The summed E-state index contributed by atoms with van der Waals surface area (Å²) < 4.78 is 0. The number of carbonyl (C=O) groups is 2. The van der Waals surface area contributed by atoms with Gasteiger partial charge < -0.3 is 10.0 Å². The maximum atomic E-state index is 12.3. The van der Waals surface area contributed by atoms with Crippen molar-refractivity contribution in [2.45, 2.75) is 46.1 Å². The van der Waals surface area contributed by atoms with Gasteiger partial charge in [0, 0.05) is 30.5 Å². The Balaban J connectivity index is 2.75. The van der Waals surface area contributed by atoms with Crippen LogP contribution < -0.4 is 0 Å². The number of carboxylic acids is 1. The third kappa shape index (κ3) is 3.19. The average Bonchev–Trinajstić information content (AvgIpc) is 2.36. The standard InChI is InChI=1S/C13H23NO3S/c1-4-13(5-2,12(16)17)8-11(15)14-6-7-18-9-10(14)3/h10H,4-9H2,1-3H3,(H,16,17). The molecule has 1 saturated heterocycles. The van der Waals surface area contributed by atoms with Crippen molar-refractivity contribution in [3.05, 3.63) is 0 Å². The minimum absolute atomic E-state index is 0.00565. The second kappa shape index (κ2) is 6.45. The maximum Gasteiger partial charge on any atom is 0.310 e. The summed E-state index contributed by atoms with van der Waals surface area (Å²) in [4.78, 5) is 25.6. The first kappa shape index (κ1) is 15.3. The Hall–Kier alpha value is -0.710. The molecule has 0 aromatic heterocycles. The molecule has 1 aliphatic rings. The van der Waals surface area contributed by atoms with Gasteiger partial charge in [0.05, 0.1) is 5.41 Å². The molecule has 104 valence electrons. The molecule has 0 aliphatic carbocycles. The van der Waals surface area contributed by atoms with Crippen molar-refractivity contribution in [1.29, 1.82) is 0 Å². The molecule has 1 aliphatic heterocycles. The van der Waals surface area contributed by atoms with Crippen LogP contribution in [-0.2, 0) is 9.59 Å². The summed E-state index contributed by atoms with van der Waals surface area (Å²) >= 11 is 1.85. The fourth-order valence-corrected chi connectivity index (χ4v) is 3.38. The van der Waals surface area contributed by atoms with Gasteiger partial charge in [-0.2, -0.15) is 11.8 Å². The van der Waals surface area contributed by atoms with Crippen LogP contribution in [0.4, 0.5) is 0 Å². The molecule has 1 unspecified atom stereocenters. The van der Waals surface area contributed by atoms with E-state index < -0.39 is 11.4 Å². The topological polar surface area (TPSA) is 57.6 Å². The summed E-state index contributed by atoms with van der Waals surface area (Å²) in [6.07, 6.45) is 1.13. The monoisotopic (exact) mass is 273 g/mol. The van der Waals surface area contributed by atoms with Crippen LogP contribution in [0.25, 0.3) is 0 Å². The van der Waals surface area contributed by atoms with E-state index >= 15 is 0 Å². The molecule has 18 heavy (non-hydrogen) atoms. The first-order valence-corrected chi connectivity index (χ1v) is 7.73. The number of nitrogens with zero attached hydrogens (tertiary/aromatic N) is 1. The predicted molar refractivity (Wildman–Crippen MR) is 73.8 cm³/mol. The van der Waals surface area contributed by atoms with Crippen LogP contribution in [0.2, 0.25) is 0 Å². The lowest BCUT2D eigenvalue weighted by Gasteiger charge is -2.36. The minimum Gasteiger partial charge on any atom is -0.481 e. The van der Waals surface area contributed by atoms with Crippen molar-refractivity contribution in [3.63, 3.8) is 0 Å². The highest BCUT2D eigenvalue weighted by Gasteiger charge is 2.39. The predicted octanol–water partition coefficient (Wildman–Crippen LogP) is 2.23. The van der Waals surface area contributed by atoms with Gasteiger partial charge in [-0.05, 0) is 19.8 Å². The number of amides is 1. The van der Waals surface area contributed by atoms with Crippen molar-refractivity contribution < 1.29 is 14.7 Å². The number of rotatable bonds is 5. The first-order valence-electron chi connectivity index (χ1n) is 6.57. The van der Waals surface area contributed by atoms with E-state index in [2.05, 4.69) is 0 Å². The third-order valence-corrected chi connectivity index (χ3v) is 5.17. The number of thioether (sulfide) groups is 1. The highest BCUT2D eigenvalue weighted by atomic mass is 32.2. The number of hydrogen-bond donors (Lipinski definition) is 1. The van der Waals surface area contributed by atoms with Crippen LogP contribution in [0.5, 0.6) is 0 Å². The van der Waals surface area contributed by atoms with Crippen molar-refractivity contribution >= 4 is 23.6 Å². The molecule has 1 rings (SSSR count). The number of carbonyl (C=O) groups excluding carboxylic acids is 1. The molecule has 0 saturated carbocycles. The highest BCUT2D eigenvalue weighted by molar-refractivity contribution is 7.99. The summed E-state index contributed by atoms with van der Waals surface area (Å²) in [7, 11) is 0. The molecular weight excluding hydrogens is 250 g/mol. The normalized spacial score (nSPS) is 20.8. The van der Waals surface area contributed by atoms with Crippen LogP contribution >= 0.6 is 11.8 Å². The van der Waals surface area contributed by atoms with E-state index in [-0.39, 0.29) is 18.4 Å². The van der Waals surface area contributed by atoms with Gasteiger partial charge in [0.1, 0.15) is 0 Å². The SMILES string of the molecule is CCC(CC)(CC(=O)N1CCSCC1C)C(=O)O. The number of aliphatic carboxylic acids is 1. The van der Waals surface area contributed by atoms with E-state index in [9.17, 15) is 14.7 Å². The Morgan fingerprint density at radius 2 is 2.00 bits per heavy atom. The Morgan fingerprint density at radius 1 is 1.39 bits per heavy atom. The Morgan fingerprint density at radius 3 is 2.44 bits per heavy atom. The zero-order chi connectivity index (χ0) is 13.8. The van der Waals surface area contributed by atoms with Crippen LogP contribution in [0.15, 0.2) is 0 Å². The van der Waals surface area contributed by atoms with E-state index in [1.54, 1.807) is 0 Å². The highest BCUT2D eigenvalue weighted by Crippen LogP contribution is 2.32.